The Hall–Kier alpha value is -2.05. The van der Waals surface area contributed by atoms with Gasteiger partial charge in [-0.1, -0.05) is 0 Å². The number of carbonyl (C=O) groups is 2. The van der Waals surface area contributed by atoms with Crippen LogP contribution < -0.4 is 5.73 Å². The summed E-state index contributed by atoms with van der Waals surface area (Å²) < 4.78 is 6.27. The Morgan fingerprint density at radius 1 is 1.56 bits per heavy atom. The smallest absolute Gasteiger partial charge is 0.360 e. The first-order chi connectivity index (χ1) is 8.40. The van der Waals surface area contributed by atoms with Gasteiger partial charge >= 0.3 is 5.97 Å². The van der Waals surface area contributed by atoms with Crippen LogP contribution in [0.2, 0.25) is 0 Å². The lowest BCUT2D eigenvalue weighted by Gasteiger charge is -2.18. The Morgan fingerprint density at radius 2 is 2.17 bits per heavy atom. The summed E-state index contributed by atoms with van der Waals surface area (Å²) in [6.07, 6.45) is 1.37. The zero-order chi connectivity index (χ0) is 13.9. The minimum atomic E-state index is -0.585. The molecule has 1 aromatic rings. The largest absolute Gasteiger partial charge is 0.461 e. The molecule has 100 valence electrons. The second-order valence-electron chi connectivity index (χ2n) is 4.01. The van der Waals surface area contributed by atoms with Crippen LogP contribution in [0.1, 0.15) is 30.4 Å². The molecule has 0 spiro atoms. The van der Waals surface area contributed by atoms with Crippen LogP contribution in [0.5, 0.6) is 0 Å². The molecule has 0 saturated heterocycles. The van der Waals surface area contributed by atoms with Crippen molar-refractivity contribution >= 4 is 17.7 Å². The number of esters is 1. The van der Waals surface area contributed by atoms with Gasteiger partial charge in [-0.05, 0) is 13.8 Å². The van der Waals surface area contributed by atoms with Crippen LogP contribution in [0.25, 0.3) is 0 Å². The van der Waals surface area contributed by atoms with Crippen molar-refractivity contribution in [2.75, 3.05) is 26.4 Å². The van der Waals surface area contributed by atoms with E-state index in [1.54, 1.807) is 27.9 Å². The minimum absolute atomic E-state index is 0.0373. The highest BCUT2D eigenvalue weighted by Gasteiger charge is 2.23. The van der Waals surface area contributed by atoms with E-state index in [1.165, 1.54) is 15.8 Å². The molecule has 0 aliphatic carbocycles. The predicted octanol–water partition coefficient (Wildman–Crippen LogP) is 0.291. The van der Waals surface area contributed by atoms with Gasteiger partial charge in [-0.2, -0.15) is 0 Å². The van der Waals surface area contributed by atoms with E-state index >= 15 is 0 Å². The van der Waals surface area contributed by atoms with Crippen molar-refractivity contribution in [3.05, 3.63) is 12.0 Å². The first kappa shape index (κ1) is 14.0. The number of hydrogen-bond acceptors (Lipinski definition) is 5. The molecule has 0 bridgehead atoms. The monoisotopic (exact) mass is 254 g/mol. The molecule has 2 N–H and O–H groups in total. The molecule has 0 aliphatic rings. The highest BCUT2D eigenvalue weighted by Crippen LogP contribution is 2.18. The average molecular weight is 254 g/mol. The fourth-order valence-corrected chi connectivity index (χ4v) is 1.53. The Kier molecular flexibility index (Phi) is 4.30. The first-order valence-electron chi connectivity index (χ1n) is 5.60. The maximum Gasteiger partial charge on any atom is 0.360 e. The average Bonchev–Trinajstić information content (AvgIpc) is 2.69. The molecule has 18 heavy (non-hydrogen) atoms. The Labute approximate surface area is 106 Å². The van der Waals surface area contributed by atoms with Crippen molar-refractivity contribution in [3.8, 4) is 0 Å². The van der Waals surface area contributed by atoms with Crippen molar-refractivity contribution in [2.24, 2.45) is 0 Å². The number of nitrogen functional groups attached to an aromatic ring is 1. The highest BCUT2D eigenvalue weighted by molar-refractivity contribution is 5.92. The molecule has 7 nitrogen and oxygen atoms in total. The number of aromatic nitrogens is 2. The summed E-state index contributed by atoms with van der Waals surface area (Å²) in [5.41, 5.74) is 5.84. The van der Waals surface area contributed by atoms with E-state index in [-0.39, 0.29) is 24.0 Å². The summed E-state index contributed by atoms with van der Waals surface area (Å²) in [5, 5.41) is 0. The van der Waals surface area contributed by atoms with E-state index in [0.29, 0.717) is 0 Å². The van der Waals surface area contributed by atoms with Crippen molar-refractivity contribution in [3.63, 3.8) is 0 Å². The molecule has 7 heteroatoms. The van der Waals surface area contributed by atoms with Crippen LogP contribution in [0.15, 0.2) is 6.33 Å². The fraction of sp³-hybridized carbons (Fsp3) is 0.545. The van der Waals surface area contributed by atoms with Gasteiger partial charge in [0.1, 0.15) is 11.9 Å². The molecule has 0 radical (unpaired) electrons. The van der Waals surface area contributed by atoms with Gasteiger partial charge in [0.2, 0.25) is 5.91 Å². The first-order valence-corrected chi connectivity index (χ1v) is 5.60. The standard InChI is InChI=1S/C11H18N4O3/c1-5-18-11(17)8-9(12)15(6-13-8)7(2)10(16)14(3)4/h6-7H,5,12H2,1-4H3. The molecule has 1 aromatic heterocycles. The molecule has 0 aromatic carbocycles. The summed E-state index contributed by atoms with van der Waals surface area (Å²) in [5.74, 6) is -0.580. The summed E-state index contributed by atoms with van der Waals surface area (Å²) >= 11 is 0. The van der Waals surface area contributed by atoms with Crippen LogP contribution >= 0.6 is 0 Å². The van der Waals surface area contributed by atoms with Gasteiger partial charge in [0, 0.05) is 14.1 Å². The highest BCUT2D eigenvalue weighted by atomic mass is 16.5. The Bertz CT molecular complexity index is 453. The second kappa shape index (κ2) is 5.52. The predicted molar refractivity (Wildman–Crippen MR) is 66.0 cm³/mol. The van der Waals surface area contributed by atoms with Crippen molar-refractivity contribution in [1.29, 1.82) is 0 Å². The number of nitrogens with two attached hydrogens (primary N) is 1. The van der Waals surface area contributed by atoms with Crippen molar-refractivity contribution < 1.29 is 14.3 Å². The van der Waals surface area contributed by atoms with Crippen molar-refractivity contribution in [2.45, 2.75) is 19.9 Å². The van der Waals surface area contributed by atoms with E-state index in [0.717, 1.165) is 0 Å². The van der Waals surface area contributed by atoms with Crippen LogP contribution in [0.4, 0.5) is 5.82 Å². The van der Waals surface area contributed by atoms with Gasteiger partial charge < -0.3 is 19.9 Å². The number of hydrogen-bond donors (Lipinski definition) is 1. The molecule has 0 fully saturated rings. The molecule has 0 aliphatic heterocycles. The van der Waals surface area contributed by atoms with Crippen molar-refractivity contribution in [1.82, 2.24) is 14.5 Å². The van der Waals surface area contributed by atoms with Crippen LogP contribution in [-0.2, 0) is 9.53 Å². The minimum Gasteiger partial charge on any atom is -0.461 e. The van der Waals surface area contributed by atoms with Gasteiger partial charge in [0.25, 0.3) is 0 Å². The lowest BCUT2D eigenvalue weighted by atomic mass is 10.3. The number of anilines is 1. The van der Waals surface area contributed by atoms with E-state index in [1.807, 2.05) is 0 Å². The third-order valence-corrected chi connectivity index (χ3v) is 2.52. The molecule has 1 amide bonds. The molecular formula is C11H18N4O3. The number of nitrogens with zero attached hydrogens (tertiary/aromatic N) is 3. The topological polar surface area (TPSA) is 90.4 Å². The SMILES string of the molecule is CCOC(=O)c1ncn(C(C)C(=O)N(C)C)c1N. The van der Waals surface area contributed by atoms with Gasteiger partial charge in [-0.15, -0.1) is 0 Å². The lowest BCUT2D eigenvalue weighted by molar-refractivity contribution is -0.131. The molecule has 0 saturated carbocycles. The molecule has 1 rings (SSSR count). The number of carbonyl (C=O) groups excluding carboxylic acids is 2. The molecule has 1 heterocycles. The summed E-state index contributed by atoms with van der Waals surface area (Å²) in [6, 6.07) is -0.518. The summed E-state index contributed by atoms with van der Waals surface area (Å²) in [4.78, 5) is 28.7. The van der Waals surface area contributed by atoms with E-state index in [9.17, 15) is 9.59 Å². The summed E-state index contributed by atoms with van der Waals surface area (Å²) in [6.45, 7) is 3.63. The third-order valence-electron chi connectivity index (χ3n) is 2.52. The molecule has 1 unspecified atom stereocenters. The third kappa shape index (κ3) is 2.61. The molecule has 1 atom stereocenters. The molecular weight excluding hydrogens is 236 g/mol. The van der Waals surface area contributed by atoms with Gasteiger partial charge in [0.15, 0.2) is 5.69 Å². The van der Waals surface area contributed by atoms with Gasteiger partial charge in [-0.3, -0.25) is 4.79 Å². The van der Waals surface area contributed by atoms with Crippen LogP contribution in [0.3, 0.4) is 0 Å². The second-order valence-corrected chi connectivity index (χ2v) is 4.01. The number of ether oxygens (including phenoxy) is 1. The zero-order valence-electron chi connectivity index (χ0n) is 11.0. The Balaban J connectivity index is 3.00. The summed E-state index contributed by atoms with van der Waals surface area (Å²) in [7, 11) is 3.30. The fourth-order valence-electron chi connectivity index (χ4n) is 1.53. The zero-order valence-corrected chi connectivity index (χ0v) is 11.0. The van der Waals surface area contributed by atoms with E-state index in [2.05, 4.69) is 4.98 Å². The van der Waals surface area contributed by atoms with Gasteiger partial charge in [0.05, 0.1) is 12.9 Å². The van der Waals surface area contributed by atoms with Crippen LogP contribution in [0, 0.1) is 0 Å². The maximum absolute atomic E-state index is 11.8. The van der Waals surface area contributed by atoms with Gasteiger partial charge in [-0.25, -0.2) is 9.78 Å². The number of likely N-dealkylation sites (N-methyl/N-ethyl adjacent to an activating group) is 1. The Morgan fingerprint density at radius 3 is 2.67 bits per heavy atom. The number of amides is 1. The number of imidazole rings is 1. The van der Waals surface area contributed by atoms with E-state index in [4.69, 9.17) is 10.5 Å². The normalized spacial score (nSPS) is 12.0. The van der Waals surface area contributed by atoms with Crippen LogP contribution in [-0.4, -0.2) is 47.0 Å². The lowest BCUT2D eigenvalue weighted by Crippen LogP contribution is -2.30. The number of rotatable bonds is 4. The van der Waals surface area contributed by atoms with E-state index < -0.39 is 12.0 Å². The quantitative estimate of drug-likeness (QED) is 0.780. The maximum atomic E-state index is 11.8.